The van der Waals surface area contributed by atoms with Gasteiger partial charge in [0, 0.05) is 12.6 Å². The zero-order chi connectivity index (χ0) is 13.7. The first-order chi connectivity index (χ1) is 9.19. The molecule has 0 aromatic heterocycles. The van der Waals surface area contributed by atoms with Crippen LogP contribution in [0.1, 0.15) is 42.9 Å². The first-order valence-electron chi connectivity index (χ1n) is 7.71. The number of aryl methyl sites for hydroxylation is 2. The van der Waals surface area contributed by atoms with E-state index in [0.29, 0.717) is 6.04 Å². The van der Waals surface area contributed by atoms with Crippen molar-refractivity contribution < 1.29 is 0 Å². The van der Waals surface area contributed by atoms with Crippen LogP contribution in [0.5, 0.6) is 0 Å². The molecule has 0 unspecified atom stereocenters. The Morgan fingerprint density at radius 1 is 1.16 bits per heavy atom. The van der Waals surface area contributed by atoms with Crippen LogP contribution in [0.25, 0.3) is 0 Å². The van der Waals surface area contributed by atoms with Crippen LogP contribution in [0.2, 0.25) is 0 Å². The normalized spacial score (nSPS) is 17.8. The van der Waals surface area contributed by atoms with Crippen molar-refractivity contribution in [1.82, 2.24) is 10.2 Å². The Morgan fingerprint density at radius 2 is 1.89 bits per heavy atom. The fraction of sp³-hybridized carbons (Fsp3) is 0.647. The Morgan fingerprint density at radius 3 is 2.53 bits per heavy atom. The molecule has 0 radical (unpaired) electrons. The van der Waals surface area contributed by atoms with Crippen molar-refractivity contribution in [2.24, 2.45) is 0 Å². The summed E-state index contributed by atoms with van der Waals surface area (Å²) in [6.07, 6.45) is 3.87. The Hall–Kier alpha value is -0.860. The predicted octanol–water partition coefficient (Wildman–Crippen LogP) is 3.27. The molecule has 1 aromatic rings. The molecule has 1 fully saturated rings. The van der Waals surface area contributed by atoms with Gasteiger partial charge in [0.05, 0.1) is 0 Å². The van der Waals surface area contributed by atoms with E-state index in [2.05, 4.69) is 49.2 Å². The Kier molecular flexibility index (Phi) is 5.41. The average Bonchev–Trinajstić information content (AvgIpc) is 2.42. The Labute approximate surface area is 118 Å². The molecule has 2 heteroatoms. The van der Waals surface area contributed by atoms with Gasteiger partial charge in [0.1, 0.15) is 0 Å². The smallest absolute Gasteiger partial charge is 0.0208 e. The van der Waals surface area contributed by atoms with E-state index in [0.717, 1.165) is 6.54 Å². The third kappa shape index (κ3) is 4.32. The number of nitrogens with zero attached hydrogens (tertiary/aromatic N) is 1. The van der Waals surface area contributed by atoms with Gasteiger partial charge < -0.3 is 10.2 Å². The van der Waals surface area contributed by atoms with Crippen LogP contribution in [-0.4, -0.2) is 30.6 Å². The number of benzene rings is 1. The van der Waals surface area contributed by atoms with Crippen molar-refractivity contribution in [3.63, 3.8) is 0 Å². The first-order valence-corrected chi connectivity index (χ1v) is 7.71. The standard InChI is InChI=1S/C17H28N2/c1-4-9-19-10-7-17(8-11-19)18-13-16-6-5-14(2)15(3)12-16/h5-6,12,17-18H,4,7-11,13H2,1-3H3. The molecule has 0 spiro atoms. The highest BCUT2D eigenvalue weighted by Crippen LogP contribution is 2.13. The second-order valence-corrected chi connectivity index (χ2v) is 5.92. The summed E-state index contributed by atoms with van der Waals surface area (Å²) >= 11 is 0. The van der Waals surface area contributed by atoms with Gasteiger partial charge in [-0.25, -0.2) is 0 Å². The number of hydrogen-bond acceptors (Lipinski definition) is 2. The summed E-state index contributed by atoms with van der Waals surface area (Å²) < 4.78 is 0. The molecule has 1 aliphatic heterocycles. The van der Waals surface area contributed by atoms with Gasteiger partial charge >= 0.3 is 0 Å². The minimum Gasteiger partial charge on any atom is -0.310 e. The molecule has 2 nitrogen and oxygen atoms in total. The summed E-state index contributed by atoms with van der Waals surface area (Å²) in [6.45, 7) is 11.4. The number of rotatable bonds is 5. The van der Waals surface area contributed by atoms with Crippen molar-refractivity contribution in [3.8, 4) is 0 Å². The summed E-state index contributed by atoms with van der Waals surface area (Å²) in [7, 11) is 0. The molecular weight excluding hydrogens is 232 g/mol. The second-order valence-electron chi connectivity index (χ2n) is 5.92. The fourth-order valence-corrected chi connectivity index (χ4v) is 2.85. The van der Waals surface area contributed by atoms with Crippen LogP contribution >= 0.6 is 0 Å². The maximum absolute atomic E-state index is 3.72. The molecule has 1 aromatic carbocycles. The van der Waals surface area contributed by atoms with Crippen molar-refractivity contribution in [2.45, 2.75) is 52.6 Å². The molecule has 0 amide bonds. The summed E-state index contributed by atoms with van der Waals surface area (Å²) in [5.74, 6) is 0. The van der Waals surface area contributed by atoms with E-state index < -0.39 is 0 Å². The minimum atomic E-state index is 0.703. The van der Waals surface area contributed by atoms with E-state index >= 15 is 0 Å². The molecule has 19 heavy (non-hydrogen) atoms. The van der Waals surface area contributed by atoms with Crippen molar-refractivity contribution in [3.05, 3.63) is 34.9 Å². The largest absolute Gasteiger partial charge is 0.310 e. The quantitative estimate of drug-likeness (QED) is 0.874. The third-order valence-corrected chi connectivity index (χ3v) is 4.29. The SMILES string of the molecule is CCCN1CCC(NCc2ccc(C)c(C)c2)CC1. The first kappa shape index (κ1) is 14.5. The topological polar surface area (TPSA) is 15.3 Å². The van der Waals surface area contributed by atoms with Gasteiger partial charge in [0.2, 0.25) is 0 Å². The molecule has 106 valence electrons. The van der Waals surface area contributed by atoms with Crippen LogP contribution in [-0.2, 0) is 6.54 Å². The Bertz CT molecular complexity index is 392. The lowest BCUT2D eigenvalue weighted by Crippen LogP contribution is -2.42. The molecule has 1 N–H and O–H groups in total. The molecule has 0 bridgehead atoms. The molecule has 0 saturated carbocycles. The van der Waals surface area contributed by atoms with Crippen molar-refractivity contribution >= 4 is 0 Å². The summed E-state index contributed by atoms with van der Waals surface area (Å²) in [5, 5.41) is 3.72. The van der Waals surface area contributed by atoms with Gasteiger partial charge in [-0.15, -0.1) is 0 Å². The van der Waals surface area contributed by atoms with Gasteiger partial charge in [-0.3, -0.25) is 0 Å². The number of piperidine rings is 1. The highest BCUT2D eigenvalue weighted by Gasteiger charge is 2.17. The lowest BCUT2D eigenvalue weighted by atomic mass is 10.0. The van der Waals surface area contributed by atoms with Gasteiger partial charge in [0.15, 0.2) is 0 Å². The zero-order valence-corrected chi connectivity index (χ0v) is 12.7. The summed E-state index contributed by atoms with van der Waals surface area (Å²) in [5.41, 5.74) is 4.20. The molecular formula is C17H28N2. The van der Waals surface area contributed by atoms with Crippen molar-refractivity contribution in [2.75, 3.05) is 19.6 Å². The minimum absolute atomic E-state index is 0.703. The maximum atomic E-state index is 3.72. The van der Waals surface area contributed by atoms with Gasteiger partial charge in [-0.1, -0.05) is 25.1 Å². The van der Waals surface area contributed by atoms with Gasteiger partial charge in [-0.2, -0.15) is 0 Å². The van der Waals surface area contributed by atoms with Crippen LogP contribution in [0.15, 0.2) is 18.2 Å². The maximum Gasteiger partial charge on any atom is 0.0208 e. The van der Waals surface area contributed by atoms with Crippen LogP contribution in [0, 0.1) is 13.8 Å². The molecule has 1 aliphatic rings. The number of likely N-dealkylation sites (tertiary alicyclic amines) is 1. The average molecular weight is 260 g/mol. The van der Waals surface area contributed by atoms with E-state index in [4.69, 9.17) is 0 Å². The molecule has 2 rings (SSSR count). The zero-order valence-electron chi connectivity index (χ0n) is 12.7. The molecule has 1 saturated heterocycles. The molecule has 1 heterocycles. The third-order valence-electron chi connectivity index (χ3n) is 4.29. The predicted molar refractivity (Wildman–Crippen MR) is 82.5 cm³/mol. The monoisotopic (exact) mass is 260 g/mol. The summed E-state index contributed by atoms with van der Waals surface area (Å²) in [4.78, 5) is 2.59. The van der Waals surface area contributed by atoms with Gasteiger partial charge in [-0.05, 0) is 69.4 Å². The van der Waals surface area contributed by atoms with E-state index in [9.17, 15) is 0 Å². The van der Waals surface area contributed by atoms with E-state index in [1.54, 1.807) is 0 Å². The lowest BCUT2D eigenvalue weighted by Gasteiger charge is -2.32. The summed E-state index contributed by atoms with van der Waals surface area (Å²) in [6, 6.07) is 7.50. The fourth-order valence-electron chi connectivity index (χ4n) is 2.85. The van der Waals surface area contributed by atoms with Crippen LogP contribution in [0.3, 0.4) is 0 Å². The second kappa shape index (κ2) is 7.06. The lowest BCUT2D eigenvalue weighted by molar-refractivity contribution is 0.197. The van der Waals surface area contributed by atoms with Gasteiger partial charge in [0.25, 0.3) is 0 Å². The van der Waals surface area contributed by atoms with Crippen LogP contribution < -0.4 is 5.32 Å². The molecule has 0 aliphatic carbocycles. The number of hydrogen-bond donors (Lipinski definition) is 1. The highest BCUT2D eigenvalue weighted by atomic mass is 15.1. The highest BCUT2D eigenvalue weighted by molar-refractivity contribution is 5.29. The number of nitrogens with one attached hydrogen (secondary N) is 1. The van der Waals surface area contributed by atoms with Crippen LogP contribution in [0.4, 0.5) is 0 Å². The Balaban J connectivity index is 1.75. The van der Waals surface area contributed by atoms with E-state index in [1.165, 1.54) is 55.6 Å². The molecule has 0 atom stereocenters. The van der Waals surface area contributed by atoms with E-state index in [-0.39, 0.29) is 0 Å². The van der Waals surface area contributed by atoms with E-state index in [1.807, 2.05) is 0 Å². The van der Waals surface area contributed by atoms with Crippen molar-refractivity contribution in [1.29, 1.82) is 0 Å².